The summed E-state index contributed by atoms with van der Waals surface area (Å²) in [5.41, 5.74) is 1.27. The summed E-state index contributed by atoms with van der Waals surface area (Å²) in [4.78, 5) is 28.8. The van der Waals surface area contributed by atoms with Crippen LogP contribution in [0.2, 0.25) is 5.02 Å². The number of methoxy groups -OCH3 is 1. The van der Waals surface area contributed by atoms with E-state index in [4.69, 9.17) is 16.3 Å². The van der Waals surface area contributed by atoms with Crippen LogP contribution < -0.4 is 4.74 Å². The van der Waals surface area contributed by atoms with Gasteiger partial charge in [-0.1, -0.05) is 32.4 Å². The standard InChI is InChI=1S/C19H27ClN2O3/c1-13-10-14(20)11-15(17(13)25-5)18(24)22-8-6-21(7-9-22)16(23)12-19(2,3)4/h10-11H,6-9,12H2,1-5H3. The second kappa shape index (κ2) is 7.65. The third-order valence-electron chi connectivity index (χ3n) is 4.28. The quantitative estimate of drug-likeness (QED) is 0.824. The fourth-order valence-electron chi connectivity index (χ4n) is 3.05. The minimum absolute atomic E-state index is 0.0320. The highest BCUT2D eigenvalue weighted by Crippen LogP contribution is 2.29. The average molecular weight is 367 g/mol. The second-order valence-corrected chi connectivity index (χ2v) is 8.15. The molecular weight excluding hydrogens is 340 g/mol. The molecular formula is C19H27ClN2O3. The van der Waals surface area contributed by atoms with Crippen molar-refractivity contribution in [2.75, 3.05) is 33.3 Å². The molecule has 25 heavy (non-hydrogen) atoms. The minimum atomic E-state index is -0.106. The minimum Gasteiger partial charge on any atom is -0.496 e. The van der Waals surface area contributed by atoms with Crippen LogP contribution in [0.1, 0.15) is 43.1 Å². The Morgan fingerprint density at radius 1 is 1.12 bits per heavy atom. The number of nitrogens with zero attached hydrogens (tertiary/aromatic N) is 2. The van der Waals surface area contributed by atoms with Gasteiger partial charge in [-0.3, -0.25) is 9.59 Å². The van der Waals surface area contributed by atoms with Gasteiger partial charge in [0, 0.05) is 37.6 Å². The Kier molecular flexibility index (Phi) is 5.99. The summed E-state index contributed by atoms with van der Waals surface area (Å²) >= 11 is 6.11. The number of amides is 2. The molecule has 2 rings (SSSR count). The molecule has 1 aromatic carbocycles. The predicted molar refractivity (Wildman–Crippen MR) is 99.3 cm³/mol. The number of carbonyl (C=O) groups excluding carboxylic acids is 2. The number of ether oxygens (including phenoxy) is 1. The van der Waals surface area contributed by atoms with Crippen molar-refractivity contribution in [3.05, 3.63) is 28.3 Å². The van der Waals surface area contributed by atoms with Crippen molar-refractivity contribution >= 4 is 23.4 Å². The Bertz CT molecular complexity index is 659. The third-order valence-corrected chi connectivity index (χ3v) is 4.49. The highest BCUT2D eigenvalue weighted by atomic mass is 35.5. The molecule has 1 fully saturated rings. The van der Waals surface area contributed by atoms with E-state index in [1.165, 1.54) is 0 Å². The van der Waals surface area contributed by atoms with Gasteiger partial charge in [0.1, 0.15) is 5.75 Å². The van der Waals surface area contributed by atoms with E-state index in [0.29, 0.717) is 48.9 Å². The molecule has 0 aliphatic carbocycles. The van der Waals surface area contributed by atoms with Crippen LogP contribution in [-0.4, -0.2) is 54.9 Å². The van der Waals surface area contributed by atoms with E-state index in [0.717, 1.165) is 5.56 Å². The van der Waals surface area contributed by atoms with Crippen LogP contribution in [0.3, 0.4) is 0 Å². The molecule has 0 atom stereocenters. The van der Waals surface area contributed by atoms with Crippen molar-refractivity contribution < 1.29 is 14.3 Å². The molecule has 1 aromatic rings. The first-order valence-electron chi connectivity index (χ1n) is 8.53. The summed E-state index contributed by atoms with van der Waals surface area (Å²) in [7, 11) is 1.55. The smallest absolute Gasteiger partial charge is 0.257 e. The lowest BCUT2D eigenvalue weighted by atomic mass is 9.91. The molecule has 0 spiro atoms. The number of rotatable bonds is 3. The molecule has 138 valence electrons. The Morgan fingerprint density at radius 3 is 2.20 bits per heavy atom. The number of halogens is 1. The normalized spacial score (nSPS) is 15.3. The zero-order valence-electron chi connectivity index (χ0n) is 15.7. The number of hydrogen-bond donors (Lipinski definition) is 0. The fourth-order valence-corrected chi connectivity index (χ4v) is 3.33. The highest BCUT2D eigenvalue weighted by Gasteiger charge is 2.28. The van der Waals surface area contributed by atoms with Crippen molar-refractivity contribution in [2.45, 2.75) is 34.1 Å². The van der Waals surface area contributed by atoms with Crippen LogP contribution in [0, 0.1) is 12.3 Å². The summed E-state index contributed by atoms with van der Waals surface area (Å²) in [6, 6.07) is 3.42. The lowest BCUT2D eigenvalue weighted by Crippen LogP contribution is -2.51. The van der Waals surface area contributed by atoms with Gasteiger partial charge in [0.2, 0.25) is 5.91 Å². The molecule has 0 N–H and O–H groups in total. The van der Waals surface area contributed by atoms with E-state index < -0.39 is 0 Å². The molecule has 0 bridgehead atoms. The van der Waals surface area contributed by atoms with Crippen LogP contribution >= 0.6 is 11.6 Å². The SMILES string of the molecule is COc1c(C)cc(Cl)cc1C(=O)N1CCN(C(=O)CC(C)(C)C)CC1. The fraction of sp³-hybridized carbons (Fsp3) is 0.579. The van der Waals surface area contributed by atoms with Gasteiger partial charge in [-0.05, 0) is 30.0 Å². The van der Waals surface area contributed by atoms with Crippen LogP contribution in [0.5, 0.6) is 5.75 Å². The van der Waals surface area contributed by atoms with Crippen molar-refractivity contribution in [1.82, 2.24) is 9.80 Å². The number of aryl methyl sites for hydroxylation is 1. The third kappa shape index (κ3) is 4.88. The van der Waals surface area contributed by atoms with E-state index >= 15 is 0 Å². The highest BCUT2D eigenvalue weighted by molar-refractivity contribution is 6.31. The van der Waals surface area contributed by atoms with Gasteiger partial charge in [0.25, 0.3) is 5.91 Å². The zero-order chi connectivity index (χ0) is 18.8. The summed E-state index contributed by atoms with van der Waals surface area (Å²) in [5, 5.41) is 0.514. The lowest BCUT2D eigenvalue weighted by molar-refractivity contribution is -0.134. The molecule has 0 aromatic heterocycles. The first kappa shape index (κ1) is 19.6. The van der Waals surface area contributed by atoms with E-state index in [-0.39, 0.29) is 17.2 Å². The first-order chi connectivity index (χ1) is 11.6. The molecule has 2 amide bonds. The Balaban J connectivity index is 2.06. The summed E-state index contributed by atoms with van der Waals surface area (Å²) in [5.74, 6) is 0.599. The largest absolute Gasteiger partial charge is 0.496 e. The maximum Gasteiger partial charge on any atom is 0.257 e. The lowest BCUT2D eigenvalue weighted by Gasteiger charge is -2.36. The molecule has 1 aliphatic rings. The van der Waals surface area contributed by atoms with Crippen molar-refractivity contribution in [2.24, 2.45) is 5.41 Å². The van der Waals surface area contributed by atoms with Gasteiger partial charge < -0.3 is 14.5 Å². The first-order valence-corrected chi connectivity index (χ1v) is 8.91. The van der Waals surface area contributed by atoms with Crippen molar-refractivity contribution in [1.29, 1.82) is 0 Å². The van der Waals surface area contributed by atoms with E-state index in [1.807, 2.05) is 11.8 Å². The van der Waals surface area contributed by atoms with Crippen molar-refractivity contribution in [3.63, 3.8) is 0 Å². The van der Waals surface area contributed by atoms with Crippen LogP contribution in [0.4, 0.5) is 0 Å². The van der Waals surface area contributed by atoms with Gasteiger partial charge in [-0.2, -0.15) is 0 Å². The summed E-state index contributed by atoms with van der Waals surface area (Å²) in [6.07, 6.45) is 0.516. The van der Waals surface area contributed by atoms with Crippen LogP contribution in [-0.2, 0) is 4.79 Å². The van der Waals surface area contributed by atoms with Gasteiger partial charge in [-0.25, -0.2) is 0 Å². The zero-order valence-corrected chi connectivity index (χ0v) is 16.4. The molecule has 1 saturated heterocycles. The number of hydrogen-bond acceptors (Lipinski definition) is 3. The monoisotopic (exact) mass is 366 g/mol. The Labute approximate surface area is 154 Å². The van der Waals surface area contributed by atoms with Gasteiger partial charge >= 0.3 is 0 Å². The van der Waals surface area contributed by atoms with E-state index in [2.05, 4.69) is 20.8 Å². The number of benzene rings is 1. The number of piperazine rings is 1. The van der Waals surface area contributed by atoms with Gasteiger partial charge in [-0.15, -0.1) is 0 Å². The summed E-state index contributed by atoms with van der Waals surface area (Å²) < 4.78 is 5.39. The van der Waals surface area contributed by atoms with Gasteiger partial charge in [0.05, 0.1) is 12.7 Å². The molecule has 0 radical (unpaired) electrons. The topological polar surface area (TPSA) is 49.9 Å². The maximum atomic E-state index is 12.9. The molecule has 1 aliphatic heterocycles. The van der Waals surface area contributed by atoms with Crippen LogP contribution in [0.15, 0.2) is 12.1 Å². The number of carbonyl (C=O) groups is 2. The maximum absolute atomic E-state index is 12.9. The molecule has 6 heteroatoms. The summed E-state index contributed by atoms with van der Waals surface area (Å²) in [6.45, 7) is 10.2. The second-order valence-electron chi connectivity index (χ2n) is 7.71. The van der Waals surface area contributed by atoms with Crippen LogP contribution in [0.25, 0.3) is 0 Å². The molecule has 1 heterocycles. The molecule has 0 unspecified atom stereocenters. The predicted octanol–water partition coefficient (Wildman–Crippen LogP) is 3.38. The van der Waals surface area contributed by atoms with E-state index in [1.54, 1.807) is 24.1 Å². The molecule has 5 nitrogen and oxygen atoms in total. The van der Waals surface area contributed by atoms with Crippen molar-refractivity contribution in [3.8, 4) is 5.75 Å². The Morgan fingerprint density at radius 2 is 1.68 bits per heavy atom. The van der Waals surface area contributed by atoms with Gasteiger partial charge in [0.15, 0.2) is 0 Å². The Hall–Kier alpha value is -1.75. The molecule has 0 saturated carbocycles. The van der Waals surface area contributed by atoms with E-state index in [9.17, 15) is 9.59 Å². The average Bonchev–Trinajstić information content (AvgIpc) is 2.52.